The van der Waals surface area contributed by atoms with Gasteiger partial charge in [0.2, 0.25) is 0 Å². The van der Waals surface area contributed by atoms with Gasteiger partial charge in [-0.05, 0) is 30.1 Å². The smallest absolute Gasteiger partial charge is 0.0412 e. The van der Waals surface area contributed by atoms with E-state index in [4.69, 9.17) is 0 Å². The van der Waals surface area contributed by atoms with Crippen LogP contribution in [0.2, 0.25) is 0 Å². The van der Waals surface area contributed by atoms with Crippen LogP contribution in [0.4, 0.5) is 0 Å². The van der Waals surface area contributed by atoms with Crippen molar-refractivity contribution in [3.05, 3.63) is 0 Å². The summed E-state index contributed by atoms with van der Waals surface area (Å²) < 4.78 is 0. The number of rotatable bonds is 2. The molecule has 1 aliphatic rings. The van der Waals surface area contributed by atoms with Crippen molar-refractivity contribution >= 4 is 0 Å². The minimum Gasteiger partial charge on any atom is -0.0628 e. The van der Waals surface area contributed by atoms with Crippen molar-refractivity contribution in [3.63, 3.8) is 0 Å². The Bertz CT molecular complexity index is 125. The highest BCUT2D eigenvalue weighted by Gasteiger charge is 2.21. The molecule has 1 rings (SSSR count). The van der Waals surface area contributed by atoms with Gasteiger partial charge in [0.1, 0.15) is 0 Å². The summed E-state index contributed by atoms with van der Waals surface area (Å²) in [5, 5.41) is 0. The van der Waals surface area contributed by atoms with E-state index in [0.717, 1.165) is 23.7 Å². The third-order valence-corrected chi connectivity index (χ3v) is 3.84. The lowest BCUT2D eigenvalue weighted by atomic mass is 9.90. The van der Waals surface area contributed by atoms with Gasteiger partial charge in [-0.3, -0.25) is 0 Å². The molecule has 1 saturated carbocycles. The van der Waals surface area contributed by atoms with Crippen molar-refractivity contribution in [1.29, 1.82) is 0 Å². The zero-order chi connectivity index (χ0) is 9.84. The van der Waals surface area contributed by atoms with Gasteiger partial charge >= 0.3 is 0 Å². The lowest BCUT2D eigenvalue weighted by Gasteiger charge is -2.16. The highest BCUT2D eigenvalue weighted by Crippen LogP contribution is 2.33. The summed E-state index contributed by atoms with van der Waals surface area (Å²) in [6, 6.07) is 0. The van der Waals surface area contributed by atoms with Crippen LogP contribution < -0.4 is 0 Å². The Hall–Kier alpha value is 0. The lowest BCUT2D eigenvalue weighted by Crippen LogP contribution is -2.04. The first-order chi connectivity index (χ1) is 6.09. The quantitative estimate of drug-likeness (QED) is 0.552. The Balaban J connectivity index is 2.35. The summed E-state index contributed by atoms with van der Waals surface area (Å²) in [6.07, 6.45) is 7.38. The monoisotopic (exact) mass is 182 g/mol. The van der Waals surface area contributed by atoms with E-state index in [1.165, 1.54) is 32.1 Å². The SMILES string of the molecule is CC(C)CC1CCC(C)C(C)CC1. The van der Waals surface area contributed by atoms with Crippen LogP contribution in [0.1, 0.15) is 59.8 Å². The zero-order valence-electron chi connectivity index (χ0n) is 9.84. The van der Waals surface area contributed by atoms with Crippen LogP contribution in [0.15, 0.2) is 0 Å². The van der Waals surface area contributed by atoms with Crippen LogP contribution in [-0.2, 0) is 0 Å². The maximum atomic E-state index is 2.43. The minimum absolute atomic E-state index is 0.897. The molecule has 2 atom stereocenters. The zero-order valence-corrected chi connectivity index (χ0v) is 9.84. The molecule has 13 heavy (non-hydrogen) atoms. The molecule has 2 unspecified atom stereocenters. The van der Waals surface area contributed by atoms with E-state index in [0.29, 0.717) is 0 Å². The Morgan fingerprint density at radius 2 is 1.38 bits per heavy atom. The first kappa shape index (κ1) is 11.1. The third-order valence-electron chi connectivity index (χ3n) is 3.84. The van der Waals surface area contributed by atoms with Gasteiger partial charge in [-0.2, -0.15) is 0 Å². The largest absolute Gasteiger partial charge is 0.0628 e. The molecule has 0 heterocycles. The van der Waals surface area contributed by atoms with Gasteiger partial charge in [-0.15, -0.1) is 0 Å². The average Bonchev–Trinajstić information content (AvgIpc) is 2.19. The van der Waals surface area contributed by atoms with Crippen molar-refractivity contribution in [2.45, 2.75) is 59.8 Å². The average molecular weight is 182 g/mol. The van der Waals surface area contributed by atoms with Crippen LogP contribution in [0.25, 0.3) is 0 Å². The molecule has 78 valence electrons. The molecular weight excluding hydrogens is 156 g/mol. The first-order valence-corrected chi connectivity index (χ1v) is 6.09. The van der Waals surface area contributed by atoms with Gasteiger partial charge in [0, 0.05) is 0 Å². The second-order valence-electron chi connectivity index (χ2n) is 5.60. The summed E-state index contributed by atoms with van der Waals surface area (Å²) in [5.74, 6) is 3.87. The molecule has 0 saturated heterocycles. The predicted octanol–water partition coefficient (Wildman–Crippen LogP) is 4.49. The van der Waals surface area contributed by atoms with E-state index in [9.17, 15) is 0 Å². The van der Waals surface area contributed by atoms with Gasteiger partial charge in [-0.1, -0.05) is 53.4 Å². The van der Waals surface area contributed by atoms with Crippen molar-refractivity contribution in [3.8, 4) is 0 Å². The normalized spacial score (nSPS) is 36.2. The Morgan fingerprint density at radius 1 is 0.923 bits per heavy atom. The van der Waals surface area contributed by atoms with Gasteiger partial charge in [-0.25, -0.2) is 0 Å². The standard InChI is InChI=1S/C13H26/c1-10(2)9-13-7-5-11(3)12(4)6-8-13/h10-13H,5-9H2,1-4H3. The third kappa shape index (κ3) is 3.70. The van der Waals surface area contributed by atoms with Gasteiger partial charge in [0.15, 0.2) is 0 Å². The van der Waals surface area contributed by atoms with Crippen LogP contribution >= 0.6 is 0 Å². The Labute approximate surface area is 84.1 Å². The van der Waals surface area contributed by atoms with Gasteiger partial charge in [0.25, 0.3) is 0 Å². The lowest BCUT2D eigenvalue weighted by molar-refractivity contribution is 0.365. The molecule has 0 bridgehead atoms. The molecule has 0 aliphatic heterocycles. The van der Waals surface area contributed by atoms with Gasteiger partial charge in [0.05, 0.1) is 0 Å². The highest BCUT2D eigenvalue weighted by molar-refractivity contribution is 4.73. The minimum atomic E-state index is 0.897. The van der Waals surface area contributed by atoms with E-state index in [2.05, 4.69) is 27.7 Å². The summed E-state index contributed by atoms with van der Waals surface area (Å²) in [6.45, 7) is 9.58. The van der Waals surface area contributed by atoms with E-state index in [1.54, 1.807) is 0 Å². The summed E-state index contributed by atoms with van der Waals surface area (Å²) in [5.41, 5.74) is 0. The van der Waals surface area contributed by atoms with Crippen molar-refractivity contribution in [1.82, 2.24) is 0 Å². The molecule has 0 aromatic rings. The second-order valence-corrected chi connectivity index (χ2v) is 5.60. The fourth-order valence-electron chi connectivity index (χ4n) is 2.61. The fourth-order valence-corrected chi connectivity index (χ4v) is 2.61. The molecular formula is C13H26. The first-order valence-electron chi connectivity index (χ1n) is 6.09. The molecule has 0 heteroatoms. The van der Waals surface area contributed by atoms with Crippen molar-refractivity contribution < 1.29 is 0 Å². The Kier molecular flexibility index (Phi) is 4.28. The van der Waals surface area contributed by atoms with E-state index < -0.39 is 0 Å². The summed E-state index contributed by atoms with van der Waals surface area (Å²) >= 11 is 0. The summed E-state index contributed by atoms with van der Waals surface area (Å²) in [7, 11) is 0. The topological polar surface area (TPSA) is 0 Å². The van der Waals surface area contributed by atoms with Gasteiger partial charge < -0.3 is 0 Å². The molecule has 0 aromatic heterocycles. The van der Waals surface area contributed by atoms with Crippen LogP contribution in [0.5, 0.6) is 0 Å². The molecule has 0 nitrogen and oxygen atoms in total. The van der Waals surface area contributed by atoms with Crippen LogP contribution in [-0.4, -0.2) is 0 Å². The molecule has 0 spiro atoms. The second kappa shape index (κ2) is 5.02. The molecule has 1 fully saturated rings. The van der Waals surface area contributed by atoms with Crippen LogP contribution in [0, 0.1) is 23.7 Å². The maximum absolute atomic E-state index is 2.43. The fraction of sp³-hybridized carbons (Fsp3) is 1.00. The number of hydrogen-bond donors (Lipinski definition) is 0. The van der Waals surface area contributed by atoms with Crippen molar-refractivity contribution in [2.24, 2.45) is 23.7 Å². The molecule has 0 aromatic carbocycles. The van der Waals surface area contributed by atoms with E-state index >= 15 is 0 Å². The van der Waals surface area contributed by atoms with E-state index in [-0.39, 0.29) is 0 Å². The molecule has 0 radical (unpaired) electrons. The van der Waals surface area contributed by atoms with Crippen molar-refractivity contribution in [2.75, 3.05) is 0 Å². The summed E-state index contributed by atoms with van der Waals surface area (Å²) in [4.78, 5) is 0. The van der Waals surface area contributed by atoms with E-state index in [1.807, 2.05) is 0 Å². The molecule has 0 amide bonds. The molecule has 0 N–H and O–H groups in total. The van der Waals surface area contributed by atoms with Crippen LogP contribution in [0.3, 0.4) is 0 Å². The Morgan fingerprint density at radius 3 is 1.77 bits per heavy atom. The maximum Gasteiger partial charge on any atom is -0.0412 e. The number of hydrogen-bond acceptors (Lipinski definition) is 0. The highest BCUT2D eigenvalue weighted by atomic mass is 14.3. The molecule has 1 aliphatic carbocycles. The predicted molar refractivity (Wildman–Crippen MR) is 59.7 cm³/mol.